The minimum atomic E-state index is -0.0579. The van der Waals surface area contributed by atoms with Gasteiger partial charge in [0.2, 0.25) is 0 Å². The maximum absolute atomic E-state index is 12.0. The molecule has 23 heavy (non-hydrogen) atoms. The molecule has 0 fully saturated rings. The molecule has 114 valence electrons. The SMILES string of the molecule is O=c1[nH]c2ccc(CNCc3ccccc3)cc2n2cccc12. The fraction of sp³-hybridized carbons (Fsp3) is 0.105. The molecule has 0 bridgehead atoms. The van der Waals surface area contributed by atoms with Gasteiger partial charge in [0.1, 0.15) is 5.52 Å². The van der Waals surface area contributed by atoms with E-state index in [1.807, 2.05) is 53.1 Å². The van der Waals surface area contributed by atoms with Crippen LogP contribution in [0.15, 0.2) is 71.7 Å². The Morgan fingerprint density at radius 1 is 0.870 bits per heavy atom. The molecule has 0 saturated carbocycles. The van der Waals surface area contributed by atoms with Gasteiger partial charge in [0, 0.05) is 19.3 Å². The number of nitrogens with zero attached hydrogens (tertiary/aromatic N) is 1. The monoisotopic (exact) mass is 303 g/mol. The molecule has 4 rings (SSSR count). The van der Waals surface area contributed by atoms with Gasteiger partial charge in [-0.1, -0.05) is 36.4 Å². The molecule has 2 aromatic carbocycles. The van der Waals surface area contributed by atoms with Crippen LogP contribution in [0.4, 0.5) is 0 Å². The summed E-state index contributed by atoms with van der Waals surface area (Å²) in [6, 6.07) is 20.2. The van der Waals surface area contributed by atoms with Crippen molar-refractivity contribution in [3.63, 3.8) is 0 Å². The molecule has 4 heteroatoms. The molecule has 0 saturated heterocycles. The zero-order valence-electron chi connectivity index (χ0n) is 12.6. The number of hydrogen-bond acceptors (Lipinski definition) is 2. The summed E-state index contributed by atoms with van der Waals surface area (Å²) >= 11 is 0. The summed E-state index contributed by atoms with van der Waals surface area (Å²) in [5, 5.41) is 3.45. The minimum Gasteiger partial charge on any atom is -0.319 e. The van der Waals surface area contributed by atoms with Crippen LogP contribution >= 0.6 is 0 Å². The van der Waals surface area contributed by atoms with Gasteiger partial charge in [-0.05, 0) is 35.4 Å². The first-order valence-corrected chi connectivity index (χ1v) is 7.68. The molecule has 0 atom stereocenters. The van der Waals surface area contributed by atoms with Crippen molar-refractivity contribution in [1.29, 1.82) is 0 Å². The third kappa shape index (κ3) is 2.64. The van der Waals surface area contributed by atoms with E-state index in [4.69, 9.17) is 0 Å². The van der Waals surface area contributed by atoms with E-state index in [0.717, 1.165) is 24.1 Å². The van der Waals surface area contributed by atoms with Gasteiger partial charge in [-0.15, -0.1) is 0 Å². The Hall–Kier alpha value is -2.85. The molecule has 2 heterocycles. The predicted molar refractivity (Wildman–Crippen MR) is 92.5 cm³/mol. The lowest BCUT2D eigenvalue weighted by Gasteiger charge is -2.08. The second kappa shape index (κ2) is 5.74. The van der Waals surface area contributed by atoms with Gasteiger partial charge >= 0.3 is 0 Å². The van der Waals surface area contributed by atoms with Gasteiger partial charge in [0.15, 0.2) is 0 Å². The fourth-order valence-electron chi connectivity index (χ4n) is 2.90. The van der Waals surface area contributed by atoms with Crippen LogP contribution in [-0.2, 0) is 13.1 Å². The quantitative estimate of drug-likeness (QED) is 0.609. The first kappa shape index (κ1) is 13.8. The van der Waals surface area contributed by atoms with Crippen molar-refractivity contribution >= 4 is 16.6 Å². The topological polar surface area (TPSA) is 49.3 Å². The van der Waals surface area contributed by atoms with Gasteiger partial charge in [0.05, 0.1) is 11.0 Å². The Kier molecular flexibility index (Phi) is 3.44. The fourth-order valence-corrected chi connectivity index (χ4v) is 2.90. The second-order valence-electron chi connectivity index (χ2n) is 5.66. The average Bonchev–Trinajstić information content (AvgIpc) is 3.07. The number of fused-ring (bicyclic) bond motifs is 3. The summed E-state index contributed by atoms with van der Waals surface area (Å²) in [5.41, 5.74) is 4.94. The van der Waals surface area contributed by atoms with Crippen LogP contribution in [0, 0.1) is 0 Å². The van der Waals surface area contributed by atoms with Crippen molar-refractivity contribution in [2.24, 2.45) is 0 Å². The third-order valence-electron chi connectivity index (χ3n) is 4.05. The smallest absolute Gasteiger partial charge is 0.272 e. The van der Waals surface area contributed by atoms with Crippen molar-refractivity contribution in [3.05, 3.63) is 88.3 Å². The van der Waals surface area contributed by atoms with Crippen LogP contribution in [0.5, 0.6) is 0 Å². The first-order chi connectivity index (χ1) is 11.3. The highest BCUT2D eigenvalue weighted by molar-refractivity contribution is 5.78. The van der Waals surface area contributed by atoms with Crippen molar-refractivity contribution in [3.8, 4) is 0 Å². The Labute approximate surface area is 133 Å². The van der Waals surface area contributed by atoms with Crippen molar-refractivity contribution < 1.29 is 0 Å². The zero-order valence-corrected chi connectivity index (χ0v) is 12.6. The van der Waals surface area contributed by atoms with E-state index in [2.05, 4.69) is 28.5 Å². The van der Waals surface area contributed by atoms with Crippen LogP contribution in [0.2, 0.25) is 0 Å². The number of aromatic nitrogens is 2. The van der Waals surface area contributed by atoms with Crippen LogP contribution < -0.4 is 10.9 Å². The molecular weight excluding hydrogens is 286 g/mol. The lowest BCUT2D eigenvalue weighted by atomic mass is 10.1. The number of benzene rings is 2. The Bertz CT molecular complexity index is 1020. The normalized spacial score (nSPS) is 11.3. The van der Waals surface area contributed by atoms with E-state index in [-0.39, 0.29) is 5.56 Å². The molecule has 4 nitrogen and oxygen atoms in total. The molecule has 0 amide bonds. The van der Waals surface area contributed by atoms with Crippen molar-refractivity contribution in [2.75, 3.05) is 0 Å². The number of rotatable bonds is 4. The highest BCUT2D eigenvalue weighted by atomic mass is 16.1. The molecule has 0 unspecified atom stereocenters. The third-order valence-corrected chi connectivity index (χ3v) is 4.05. The summed E-state index contributed by atoms with van der Waals surface area (Å²) in [6.45, 7) is 1.62. The largest absolute Gasteiger partial charge is 0.319 e. The Morgan fingerprint density at radius 2 is 1.70 bits per heavy atom. The van der Waals surface area contributed by atoms with Gasteiger partial charge < -0.3 is 14.7 Å². The number of aromatic amines is 1. The highest BCUT2D eigenvalue weighted by Crippen LogP contribution is 2.15. The summed E-state index contributed by atoms with van der Waals surface area (Å²) in [7, 11) is 0. The molecule has 0 radical (unpaired) electrons. The maximum atomic E-state index is 12.0. The molecule has 2 N–H and O–H groups in total. The summed E-state index contributed by atoms with van der Waals surface area (Å²) in [6.07, 6.45) is 1.92. The standard InChI is InChI=1S/C19H17N3O/c23-19-17-7-4-10-22(17)18-11-15(8-9-16(18)21-19)13-20-12-14-5-2-1-3-6-14/h1-11,20H,12-13H2,(H,21,23). The average molecular weight is 303 g/mol. The van der Waals surface area contributed by atoms with Crippen molar-refractivity contribution in [1.82, 2.24) is 14.7 Å². The molecule has 2 aromatic heterocycles. The van der Waals surface area contributed by atoms with Crippen LogP contribution in [-0.4, -0.2) is 9.38 Å². The lowest BCUT2D eigenvalue weighted by molar-refractivity contribution is 0.694. The van der Waals surface area contributed by atoms with E-state index in [1.165, 1.54) is 11.1 Å². The van der Waals surface area contributed by atoms with Gasteiger partial charge in [-0.2, -0.15) is 0 Å². The van der Waals surface area contributed by atoms with Gasteiger partial charge in [-0.3, -0.25) is 4.79 Å². The van der Waals surface area contributed by atoms with Gasteiger partial charge in [-0.25, -0.2) is 0 Å². The molecule has 0 aliphatic rings. The number of H-pyrrole nitrogens is 1. The molecule has 0 aliphatic heterocycles. The van der Waals surface area contributed by atoms with Crippen LogP contribution in [0.25, 0.3) is 16.6 Å². The Morgan fingerprint density at radius 3 is 2.57 bits per heavy atom. The first-order valence-electron chi connectivity index (χ1n) is 7.68. The Balaban J connectivity index is 1.61. The van der Waals surface area contributed by atoms with E-state index in [9.17, 15) is 4.79 Å². The summed E-state index contributed by atoms with van der Waals surface area (Å²) in [5.74, 6) is 0. The maximum Gasteiger partial charge on any atom is 0.272 e. The lowest BCUT2D eigenvalue weighted by Crippen LogP contribution is -2.13. The highest BCUT2D eigenvalue weighted by Gasteiger charge is 2.05. The molecular formula is C19H17N3O. The zero-order chi connectivity index (χ0) is 15.6. The van der Waals surface area contributed by atoms with Gasteiger partial charge in [0.25, 0.3) is 5.56 Å². The number of nitrogens with one attached hydrogen (secondary N) is 2. The van der Waals surface area contributed by atoms with E-state index < -0.39 is 0 Å². The number of hydrogen-bond donors (Lipinski definition) is 2. The van der Waals surface area contributed by atoms with E-state index in [0.29, 0.717) is 5.52 Å². The molecule has 0 aliphatic carbocycles. The summed E-state index contributed by atoms with van der Waals surface area (Å²) in [4.78, 5) is 14.9. The van der Waals surface area contributed by atoms with Crippen LogP contribution in [0.1, 0.15) is 11.1 Å². The van der Waals surface area contributed by atoms with E-state index in [1.54, 1.807) is 0 Å². The molecule has 4 aromatic rings. The second-order valence-corrected chi connectivity index (χ2v) is 5.66. The molecule has 0 spiro atoms. The van der Waals surface area contributed by atoms with E-state index >= 15 is 0 Å². The van der Waals surface area contributed by atoms with Crippen LogP contribution in [0.3, 0.4) is 0 Å². The minimum absolute atomic E-state index is 0.0579. The predicted octanol–water partition coefficient (Wildman–Crippen LogP) is 3.07. The summed E-state index contributed by atoms with van der Waals surface area (Å²) < 4.78 is 1.94. The van der Waals surface area contributed by atoms with Crippen molar-refractivity contribution in [2.45, 2.75) is 13.1 Å².